The Labute approximate surface area is 164 Å². The molecule has 0 fully saturated rings. The monoisotopic (exact) mass is 374 g/mol. The van der Waals surface area contributed by atoms with Gasteiger partial charge in [-0.3, -0.25) is 9.59 Å². The number of amides is 2. The molecule has 2 amide bonds. The van der Waals surface area contributed by atoms with Gasteiger partial charge in [0.25, 0.3) is 0 Å². The van der Waals surface area contributed by atoms with E-state index in [0.717, 1.165) is 16.7 Å². The molecule has 0 radical (unpaired) electrons. The van der Waals surface area contributed by atoms with Crippen molar-refractivity contribution in [2.45, 2.75) is 20.0 Å². The van der Waals surface area contributed by atoms with E-state index in [2.05, 4.69) is 5.32 Å². The van der Waals surface area contributed by atoms with Crippen molar-refractivity contribution < 1.29 is 14.7 Å². The molecule has 0 spiro atoms. The van der Waals surface area contributed by atoms with Crippen molar-refractivity contribution in [3.63, 3.8) is 0 Å². The molecular weight excluding hydrogens is 352 g/mol. The summed E-state index contributed by atoms with van der Waals surface area (Å²) in [7, 11) is 0. The number of anilines is 1. The first-order valence-corrected chi connectivity index (χ1v) is 9.00. The fourth-order valence-electron chi connectivity index (χ4n) is 2.88. The van der Waals surface area contributed by atoms with Gasteiger partial charge < -0.3 is 15.3 Å². The van der Waals surface area contributed by atoms with Crippen LogP contribution in [0.3, 0.4) is 0 Å². The molecule has 28 heavy (non-hydrogen) atoms. The minimum absolute atomic E-state index is 0.0792. The van der Waals surface area contributed by atoms with Crippen molar-refractivity contribution in [1.29, 1.82) is 0 Å². The number of aryl methyl sites for hydroxylation is 1. The maximum absolute atomic E-state index is 12.9. The third-order valence-corrected chi connectivity index (χ3v) is 4.31. The van der Waals surface area contributed by atoms with Crippen molar-refractivity contribution in [2.75, 3.05) is 5.32 Å². The summed E-state index contributed by atoms with van der Waals surface area (Å²) in [6.45, 7) is 2.46. The molecule has 2 N–H and O–H groups in total. The highest BCUT2D eigenvalue weighted by molar-refractivity contribution is 6.39. The summed E-state index contributed by atoms with van der Waals surface area (Å²) in [5.74, 6) is -1.52. The van der Waals surface area contributed by atoms with Crippen LogP contribution in [0.25, 0.3) is 0 Å². The lowest BCUT2D eigenvalue weighted by Crippen LogP contribution is -2.39. The number of carbonyl (C=O) groups excluding carboxylic acids is 2. The molecule has 5 nitrogen and oxygen atoms in total. The van der Waals surface area contributed by atoms with E-state index in [-0.39, 0.29) is 11.4 Å². The van der Waals surface area contributed by atoms with Gasteiger partial charge in [0.05, 0.1) is 5.69 Å². The number of phenols is 1. The maximum atomic E-state index is 12.9. The summed E-state index contributed by atoms with van der Waals surface area (Å²) in [6, 6.07) is 23.9. The lowest BCUT2D eigenvalue weighted by Gasteiger charge is -2.22. The molecule has 0 saturated heterocycles. The molecular formula is C23H22N2O3. The van der Waals surface area contributed by atoms with Gasteiger partial charge in [0, 0.05) is 13.1 Å². The SMILES string of the molecule is Cc1ccc(O)c(NC(=O)C(=O)N(Cc2ccccc2)Cc2ccccc2)c1. The quantitative estimate of drug-likeness (QED) is 0.526. The molecule has 0 unspecified atom stereocenters. The number of phenolic OH excluding ortho intramolecular Hbond substituents is 1. The highest BCUT2D eigenvalue weighted by Crippen LogP contribution is 2.24. The fraction of sp³-hybridized carbons (Fsp3) is 0.130. The minimum Gasteiger partial charge on any atom is -0.506 e. The van der Waals surface area contributed by atoms with Gasteiger partial charge in [-0.1, -0.05) is 66.7 Å². The van der Waals surface area contributed by atoms with Crippen LogP contribution in [0.5, 0.6) is 5.75 Å². The Morgan fingerprint density at radius 3 is 1.93 bits per heavy atom. The molecule has 0 aliphatic rings. The summed E-state index contributed by atoms with van der Waals surface area (Å²) in [6.07, 6.45) is 0. The first kappa shape index (κ1) is 19.2. The largest absolute Gasteiger partial charge is 0.506 e. The highest BCUT2D eigenvalue weighted by atomic mass is 16.3. The number of hydrogen-bond acceptors (Lipinski definition) is 3. The third-order valence-electron chi connectivity index (χ3n) is 4.31. The number of nitrogens with one attached hydrogen (secondary N) is 1. The Bertz CT molecular complexity index is 915. The van der Waals surface area contributed by atoms with Gasteiger partial charge in [0.2, 0.25) is 0 Å². The molecule has 0 heterocycles. The molecule has 3 aromatic rings. The first-order valence-electron chi connectivity index (χ1n) is 9.00. The van der Waals surface area contributed by atoms with E-state index < -0.39 is 11.8 Å². The molecule has 0 aliphatic heterocycles. The summed E-state index contributed by atoms with van der Waals surface area (Å²) >= 11 is 0. The lowest BCUT2D eigenvalue weighted by atomic mass is 10.1. The van der Waals surface area contributed by atoms with Gasteiger partial charge >= 0.3 is 11.8 Å². The van der Waals surface area contributed by atoms with Crippen molar-refractivity contribution in [3.05, 3.63) is 95.6 Å². The number of nitrogens with zero attached hydrogens (tertiary/aromatic N) is 1. The zero-order valence-electron chi connectivity index (χ0n) is 15.6. The smallest absolute Gasteiger partial charge is 0.314 e. The molecule has 3 rings (SSSR count). The van der Waals surface area contributed by atoms with E-state index >= 15 is 0 Å². The first-order chi connectivity index (χ1) is 13.5. The average molecular weight is 374 g/mol. The Kier molecular flexibility index (Phi) is 6.07. The van der Waals surface area contributed by atoms with Gasteiger partial charge in [-0.25, -0.2) is 0 Å². The number of rotatable bonds is 5. The van der Waals surface area contributed by atoms with Crippen LogP contribution >= 0.6 is 0 Å². The van der Waals surface area contributed by atoms with Crippen molar-refractivity contribution in [1.82, 2.24) is 4.90 Å². The van der Waals surface area contributed by atoms with Crippen LogP contribution in [0.1, 0.15) is 16.7 Å². The second-order valence-electron chi connectivity index (χ2n) is 6.61. The van der Waals surface area contributed by atoms with Crippen LogP contribution in [-0.4, -0.2) is 21.8 Å². The van der Waals surface area contributed by atoms with Crippen LogP contribution < -0.4 is 5.32 Å². The zero-order valence-corrected chi connectivity index (χ0v) is 15.6. The molecule has 0 saturated carbocycles. The van der Waals surface area contributed by atoms with Gasteiger partial charge in [-0.2, -0.15) is 0 Å². The van der Waals surface area contributed by atoms with Crippen molar-refractivity contribution in [3.8, 4) is 5.75 Å². The van der Waals surface area contributed by atoms with E-state index in [4.69, 9.17) is 0 Å². The second-order valence-corrected chi connectivity index (χ2v) is 6.61. The number of aromatic hydroxyl groups is 1. The summed E-state index contributed by atoms with van der Waals surface area (Å²) in [5, 5.41) is 12.5. The van der Waals surface area contributed by atoms with Crippen molar-refractivity contribution in [2.24, 2.45) is 0 Å². The predicted octanol–water partition coefficient (Wildman–Crippen LogP) is 3.87. The van der Waals surface area contributed by atoms with Crippen LogP contribution in [-0.2, 0) is 22.7 Å². The number of hydrogen-bond donors (Lipinski definition) is 2. The van der Waals surface area contributed by atoms with Gasteiger partial charge in [-0.15, -0.1) is 0 Å². The van der Waals surface area contributed by atoms with Crippen LogP contribution in [0.4, 0.5) is 5.69 Å². The Morgan fingerprint density at radius 1 is 0.857 bits per heavy atom. The van der Waals surface area contributed by atoms with Gasteiger partial charge in [0.1, 0.15) is 5.75 Å². The van der Waals surface area contributed by atoms with Crippen LogP contribution in [0.2, 0.25) is 0 Å². The Balaban J connectivity index is 1.80. The molecule has 0 bridgehead atoms. The standard InChI is InChI=1S/C23H22N2O3/c1-17-12-13-21(26)20(14-17)24-22(27)23(28)25(15-18-8-4-2-5-9-18)16-19-10-6-3-7-11-19/h2-14,26H,15-16H2,1H3,(H,24,27). The average Bonchev–Trinajstić information content (AvgIpc) is 2.71. The fourth-order valence-corrected chi connectivity index (χ4v) is 2.88. The summed E-state index contributed by atoms with van der Waals surface area (Å²) in [4.78, 5) is 27.0. The molecule has 0 atom stereocenters. The second kappa shape index (κ2) is 8.86. The van der Waals surface area contributed by atoms with E-state index in [1.807, 2.05) is 67.6 Å². The van der Waals surface area contributed by atoms with E-state index in [0.29, 0.717) is 13.1 Å². The maximum Gasteiger partial charge on any atom is 0.314 e. The normalized spacial score (nSPS) is 10.3. The Hall–Kier alpha value is -3.60. The predicted molar refractivity (Wildman–Crippen MR) is 109 cm³/mol. The van der Waals surface area contributed by atoms with E-state index in [1.54, 1.807) is 12.1 Å². The summed E-state index contributed by atoms with van der Waals surface area (Å²) < 4.78 is 0. The lowest BCUT2D eigenvalue weighted by molar-refractivity contribution is -0.144. The molecule has 0 aromatic heterocycles. The molecule has 142 valence electrons. The number of carbonyl (C=O) groups is 2. The minimum atomic E-state index is -0.784. The van der Waals surface area contributed by atoms with E-state index in [9.17, 15) is 14.7 Å². The van der Waals surface area contributed by atoms with Crippen molar-refractivity contribution >= 4 is 17.5 Å². The van der Waals surface area contributed by atoms with Gasteiger partial charge in [-0.05, 0) is 35.7 Å². The van der Waals surface area contributed by atoms with Crippen LogP contribution in [0.15, 0.2) is 78.9 Å². The Morgan fingerprint density at radius 2 is 1.39 bits per heavy atom. The molecule has 3 aromatic carbocycles. The number of benzene rings is 3. The third kappa shape index (κ3) is 4.98. The summed E-state index contributed by atoms with van der Waals surface area (Å²) in [5.41, 5.74) is 2.94. The van der Waals surface area contributed by atoms with Gasteiger partial charge in [0.15, 0.2) is 0 Å². The van der Waals surface area contributed by atoms with Crippen LogP contribution in [0, 0.1) is 6.92 Å². The highest BCUT2D eigenvalue weighted by Gasteiger charge is 2.23. The zero-order chi connectivity index (χ0) is 19.9. The topological polar surface area (TPSA) is 69.6 Å². The molecule has 0 aliphatic carbocycles. The molecule has 5 heteroatoms. The van der Waals surface area contributed by atoms with E-state index in [1.165, 1.54) is 11.0 Å².